The van der Waals surface area contributed by atoms with Crippen LogP contribution < -0.4 is 0 Å². The van der Waals surface area contributed by atoms with Crippen molar-refractivity contribution in [2.45, 2.75) is 57.6 Å². The normalized spacial score (nSPS) is 24.6. The second-order valence-corrected chi connectivity index (χ2v) is 7.00. The number of aromatic carboxylic acids is 1. The zero-order valence-electron chi connectivity index (χ0n) is 14.8. The van der Waals surface area contributed by atoms with Crippen molar-refractivity contribution in [1.82, 2.24) is 14.9 Å². The second kappa shape index (κ2) is 7.07. The summed E-state index contributed by atoms with van der Waals surface area (Å²) in [7, 11) is 1.80. The smallest absolute Gasteiger partial charge is 0.356 e. The average Bonchev–Trinajstić information content (AvgIpc) is 2.64. The molecule has 1 heterocycles. The number of carbonyl (C=O) groups excluding carboxylic acids is 1. The topological polar surface area (TPSA) is 92.6 Å². The van der Waals surface area contributed by atoms with E-state index in [2.05, 4.69) is 9.97 Å². The van der Waals surface area contributed by atoms with Crippen molar-refractivity contribution in [2.24, 2.45) is 5.41 Å². The van der Waals surface area contributed by atoms with Gasteiger partial charge in [0.15, 0.2) is 5.69 Å². The van der Waals surface area contributed by atoms with Gasteiger partial charge in [0, 0.05) is 25.1 Å². The lowest BCUT2D eigenvalue weighted by atomic mass is 9.54. The summed E-state index contributed by atoms with van der Waals surface area (Å²) >= 11 is 0. The summed E-state index contributed by atoms with van der Waals surface area (Å²) in [6.07, 6.45) is 9.21. The predicted molar refractivity (Wildman–Crippen MR) is 90.4 cm³/mol. The van der Waals surface area contributed by atoms with E-state index in [1.807, 2.05) is 6.92 Å². The van der Waals surface area contributed by atoms with Crippen molar-refractivity contribution in [3.05, 3.63) is 23.8 Å². The van der Waals surface area contributed by atoms with Crippen molar-refractivity contribution in [3.63, 3.8) is 0 Å². The third-order valence-electron chi connectivity index (χ3n) is 5.77. The fourth-order valence-electron chi connectivity index (χ4n) is 4.44. The maximum Gasteiger partial charge on any atom is 0.356 e. The molecule has 1 aromatic rings. The van der Waals surface area contributed by atoms with Crippen LogP contribution in [0.3, 0.4) is 0 Å². The third kappa shape index (κ3) is 3.13. The summed E-state index contributed by atoms with van der Waals surface area (Å²) in [5.41, 5.74) is 0.0638. The molecule has 0 aromatic carbocycles. The minimum atomic E-state index is -1.15. The van der Waals surface area contributed by atoms with Gasteiger partial charge in [0.25, 0.3) is 5.91 Å². The van der Waals surface area contributed by atoms with Gasteiger partial charge in [0.2, 0.25) is 0 Å². The molecule has 7 heteroatoms. The number of hydrogen-bond acceptors (Lipinski definition) is 5. The Balaban J connectivity index is 1.76. The summed E-state index contributed by atoms with van der Waals surface area (Å²) in [6.45, 7) is 2.71. The summed E-state index contributed by atoms with van der Waals surface area (Å²) in [6, 6.07) is 0.137. The molecule has 2 aliphatic rings. The summed E-state index contributed by atoms with van der Waals surface area (Å²) in [5.74, 6) is -1.37. The molecule has 2 unspecified atom stereocenters. The van der Waals surface area contributed by atoms with E-state index in [-0.39, 0.29) is 34.9 Å². The Morgan fingerprint density at radius 1 is 1.24 bits per heavy atom. The average molecular weight is 347 g/mol. The first kappa shape index (κ1) is 17.8. The third-order valence-corrected chi connectivity index (χ3v) is 5.77. The first-order valence-corrected chi connectivity index (χ1v) is 8.93. The van der Waals surface area contributed by atoms with Crippen LogP contribution in [0.5, 0.6) is 0 Å². The summed E-state index contributed by atoms with van der Waals surface area (Å²) < 4.78 is 5.95. The van der Waals surface area contributed by atoms with Crippen molar-refractivity contribution in [3.8, 4) is 0 Å². The molecule has 0 saturated heterocycles. The van der Waals surface area contributed by atoms with E-state index in [9.17, 15) is 9.59 Å². The second-order valence-electron chi connectivity index (χ2n) is 7.00. The molecular weight excluding hydrogens is 322 g/mol. The largest absolute Gasteiger partial charge is 0.476 e. The van der Waals surface area contributed by atoms with Gasteiger partial charge in [-0.25, -0.2) is 14.8 Å². The minimum Gasteiger partial charge on any atom is -0.476 e. The fourth-order valence-corrected chi connectivity index (χ4v) is 4.44. The van der Waals surface area contributed by atoms with E-state index in [4.69, 9.17) is 9.84 Å². The van der Waals surface area contributed by atoms with Crippen molar-refractivity contribution in [1.29, 1.82) is 0 Å². The molecule has 2 fully saturated rings. The van der Waals surface area contributed by atoms with Crippen LogP contribution in [0, 0.1) is 5.41 Å². The zero-order chi connectivity index (χ0) is 18.0. The van der Waals surface area contributed by atoms with Crippen LogP contribution in [0.25, 0.3) is 0 Å². The van der Waals surface area contributed by atoms with Gasteiger partial charge in [0.1, 0.15) is 5.69 Å². The highest BCUT2D eigenvalue weighted by Gasteiger charge is 2.57. The molecule has 1 aromatic heterocycles. The quantitative estimate of drug-likeness (QED) is 0.879. The van der Waals surface area contributed by atoms with Crippen LogP contribution in [-0.2, 0) is 4.74 Å². The van der Waals surface area contributed by atoms with Crippen molar-refractivity contribution >= 4 is 11.9 Å². The Labute approximate surface area is 147 Å². The number of carbonyl (C=O) groups is 2. The molecule has 2 aliphatic carbocycles. The van der Waals surface area contributed by atoms with Crippen LogP contribution in [0.15, 0.2) is 12.4 Å². The van der Waals surface area contributed by atoms with Crippen LogP contribution in [0.4, 0.5) is 0 Å². The maximum atomic E-state index is 12.8. The zero-order valence-corrected chi connectivity index (χ0v) is 14.8. The molecule has 3 rings (SSSR count). The minimum absolute atomic E-state index is 0.0487. The van der Waals surface area contributed by atoms with Crippen molar-refractivity contribution in [2.75, 3.05) is 13.7 Å². The number of carboxylic acids is 1. The number of rotatable bonds is 5. The fraction of sp³-hybridized carbons (Fsp3) is 0.667. The highest BCUT2D eigenvalue weighted by atomic mass is 16.5. The Kier molecular flexibility index (Phi) is 5.03. The van der Waals surface area contributed by atoms with E-state index >= 15 is 0 Å². The Morgan fingerprint density at radius 3 is 2.44 bits per heavy atom. The van der Waals surface area contributed by atoms with Gasteiger partial charge < -0.3 is 14.7 Å². The standard InChI is InChI=1S/C18H25N3O4/c1-3-25-15-9-14(18(15)7-5-4-6-8-18)21(2)16(22)12-10-20-13(11-19-12)17(23)24/h10-11,14-15H,3-9H2,1-2H3,(H,23,24). The Bertz CT molecular complexity index is 640. The Morgan fingerprint density at radius 2 is 1.88 bits per heavy atom. The van der Waals surface area contributed by atoms with Gasteiger partial charge in [-0.15, -0.1) is 0 Å². The van der Waals surface area contributed by atoms with Crippen LogP contribution in [0.2, 0.25) is 0 Å². The lowest BCUT2D eigenvalue weighted by Gasteiger charge is -2.60. The molecule has 0 radical (unpaired) electrons. The number of nitrogens with zero attached hydrogens (tertiary/aromatic N) is 3. The highest BCUT2D eigenvalue weighted by Crippen LogP contribution is 2.55. The maximum absolute atomic E-state index is 12.8. The first-order chi connectivity index (χ1) is 12.0. The van der Waals surface area contributed by atoms with Crippen LogP contribution in [0.1, 0.15) is 66.4 Å². The van der Waals surface area contributed by atoms with Gasteiger partial charge in [-0.2, -0.15) is 0 Å². The summed E-state index contributed by atoms with van der Waals surface area (Å²) in [5, 5.41) is 8.89. The van der Waals surface area contributed by atoms with Gasteiger partial charge in [-0.1, -0.05) is 19.3 Å². The van der Waals surface area contributed by atoms with Gasteiger partial charge >= 0.3 is 5.97 Å². The van der Waals surface area contributed by atoms with Gasteiger partial charge in [0.05, 0.1) is 18.5 Å². The molecule has 1 spiro atoms. The monoisotopic (exact) mass is 347 g/mol. The molecule has 2 atom stereocenters. The van der Waals surface area contributed by atoms with Crippen LogP contribution in [-0.4, -0.2) is 57.7 Å². The first-order valence-electron chi connectivity index (χ1n) is 8.93. The van der Waals surface area contributed by atoms with E-state index < -0.39 is 5.97 Å². The Hall–Kier alpha value is -2.02. The molecule has 0 bridgehead atoms. The van der Waals surface area contributed by atoms with E-state index in [1.165, 1.54) is 25.5 Å². The molecule has 1 amide bonds. The predicted octanol–water partition coefficient (Wildman–Crippen LogP) is 2.37. The molecule has 0 aliphatic heterocycles. The van der Waals surface area contributed by atoms with Crippen molar-refractivity contribution < 1.29 is 19.4 Å². The number of carboxylic acid groups (broad SMARTS) is 1. The molecule has 7 nitrogen and oxygen atoms in total. The van der Waals surface area contributed by atoms with E-state index in [0.29, 0.717) is 6.61 Å². The number of hydrogen-bond donors (Lipinski definition) is 1. The molecule has 1 N–H and O–H groups in total. The number of ether oxygens (including phenoxy) is 1. The van der Waals surface area contributed by atoms with Gasteiger partial charge in [-0.3, -0.25) is 4.79 Å². The molecule has 136 valence electrons. The van der Waals surface area contributed by atoms with E-state index in [0.717, 1.165) is 25.5 Å². The lowest BCUT2D eigenvalue weighted by Crippen LogP contribution is -2.65. The number of amides is 1. The van der Waals surface area contributed by atoms with Gasteiger partial charge in [-0.05, 0) is 26.2 Å². The molecule has 2 saturated carbocycles. The molecular formula is C18H25N3O4. The highest BCUT2D eigenvalue weighted by molar-refractivity contribution is 5.93. The lowest BCUT2D eigenvalue weighted by molar-refractivity contribution is -0.170. The van der Waals surface area contributed by atoms with Crippen LogP contribution >= 0.6 is 0 Å². The number of aromatic nitrogens is 2. The summed E-state index contributed by atoms with van der Waals surface area (Å²) in [4.78, 5) is 33.2. The molecule has 25 heavy (non-hydrogen) atoms. The SMILES string of the molecule is CCOC1CC(N(C)C(=O)c2cnc(C(=O)O)cn2)C12CCCCC2. The van der Waals surface area contributed by atoms with E-state index in [1.54, 1.807) is 11.9 Å².